The van der Waals surface area contributed by atoms with E-state index in [1.807, 2.05) is 19.2 Å². The number of aryl methyl sites for hydroxylation is 1. The molecule has 0 radical (unpaired) electrons. The third-order valence-electron chi connectivity index (χ3n) is 6.21. The molecule has 2 aromatic heterocycles. The molecule has 170 valence electrons. The van der Waals surface area contributed by atoms with Gasteiger partial charge in [-0.25, -0.2) is 18.3 Å². The van der Waals surface area contributed by atoms with Crippen molar-refractivity contribution in [1.82, 2.24) is 19.5 Å². The fourth-order valence-corrected chi connectivity index (χ4v) is 4.60. The van der Waals surface area contributed by atoms with E-state index in [0.29, 0.717) is 24.3 Å². The first-order valence-corrected chi connectivity index (χ1v) is 11.1. The smallest absolute Gasteiger partial charge is 0.260 e. The van der Waals surface area contributed by atoms with Crippen LogP contribution in [0.4, 0.5) is 14.6 Å². The van der Waals surface area contributed by atoms with Gasteiger partial charge in [-0.05, 0) is 51.5 Å². The Balaban J connectivity index is 1.70. The Hall–Kier alpha value is -3.03. The van der Waals surface area contributed by atoms with Gasteiger partial charge in [0.15, 0.2) is 5.65 Å². The molecule has 0 aromatic carbocycles. The molecule has 1 unspecified atom stereocenters. The van der Waals surface area contributed by atoms with Gasteiger partial charge >= 0.3 is 0 Å². The Bertz CT molecular complexity index is 1110. The second-order valence-electron chi connectivity index (χ2n) is 8.70. The average Bonchev–Trinajstić information content (AvgIpc) is 3.42. The second-order valence-corrected chi connectivity index (χ2v) is 8.70. The van der Waals surface area contributed by atoms with Crippen LogP contribution in [0.5, 0.6) is 0 Å². The molecule has 2 aliphatic rings. The molecular weight excluding hydrogens is 412 g/mol. The Kier molecular flexibility index (Phi) is 6.13. The zero-order valence-corrected chi connectivity index (χ0v) is 18.7. The van der Waals surface area contributed by atoms with Crippen molar-refractivity contribution in [3.05, 3.63) is 59.5 Å². The van der Waals surface area contributed by atoms with E-state index in [9.17, 15) is 13.6 Å². The van der Waals surface area contributed by atoms with Gasteiger partial charge in [-0.1, -0.05) is 13.2 Å². The molecule has 2 saturated heterocycles. The van der Waals surface area contributed by atoms with Crippen LogP contribution in [0.1, 0.15) is 56.3 Å². The topological polar surface area (TPSA) is 53.7 Å². The van der Waals surface area contributed by atoms with Crippen molar-refractivity contribution in [2.24, 2.45) is 0 Å². The lowest BCUT2D eigenvalue weighted by Gasteiger charge is -2.35. The van der Waals surface area contributed by atoms with Crippen molar-refractivity contribution in [2.75, 3.05) is 24.5 Å². The molecule has 1 amide bonds. The first-order chi connectivity index (χ1) is 15.3. The zero-order chi connectivity index (χ0) is 23.0. The predicted molar refractivity (Wildman–Crippen MR) is 121 cm³/mol. The SMILES string of the molecule is C=C(C)/C(F)=C(\C(=C)F)C(=O)N1CCCCC1c1cc2nc(N3CCCC3)c(C)cn2n1. The monoisotopic (exact) mass is 441 g/mol. The van der Waals surface area contributed by atoms with Crippen LogP contribution in [0.3, 0.4) is 0 Å². The number of anilines is 1. The fourth-order valence-electron chi connectivity index (χ4n) is 4.60. The normalized spacial score (nSPS) is 19.9. The van der Waals surface area contributed by atoms with Crippen LogP contribution in [-0.4, -0.2) is 45.0 Å². The molecule has 2 aliphatic heterocycles. The third kappa shape index (κ3) is 4.06. The molecule has 4 heterocycles. The van der Waals surface area contributed by atoms with Crippen LogP contribution >= 0.6 is 0 Å². The lowest BCUT2D eigenvalue weighted by Crippen LogP contribution is -2.40. The molecule has 0 bridgehead atoms. The van der Waals surface area contributed by atoms with Crippen molar-refractivity contribution >= 4 is 17.4 Å². The van der Waals surface area contributed by atoms with E-state index in [4.69, 9.17) is 4.98 Å². The van der Waals surface area contributed by atoms with Crippen molar-refractivity contribution in [1.29, 1.82) is 0 Å². The van der Waals surface area contributed by atoms with Gasteiger partial charge in [0.05, 0.1) is 11.7 Å². The van der Waals surface area contributed by atoms with E-state index in [2.05, 4.69) is 23.2 Å². The number of fused-ring (bicyclic) bond motifs is 1. The number of amides is 1. The van der Waals surface area contributed by atoms with Crippen molar-refractivity contribution in [2.45, 2.75) is 52.0 Å². The highest BCUT2D eigenvalue weighted by Gasteiger charge is 2.34. The molecular formula is C24H29F2N5O. The fraction of sp³-hybridized carbons (Fsp3) is 0.458. The van der Waals surface area contributed by atoms with Crippen LogP contribution in [-0.2, 0) is 4.79 Å². The van der Waals surface area contributed by atoms with Crippen molar-refractivity contribution in [3.8, 4) is 0 Å². The maximum Gasteiger partial charge on any atom is 0.260 e. The Labute approximate surface area is 186 Å². The first kappa shape index (κ1) is 22.2. The summed E-state index contributed by atoms with van der Waals surface area (Å²) in [5.41, 5.74) is 1.74. The van der Waals surface area contributed by atoms with Gasteiger partial charge in [0.2, 0.25) is 0 Å². The largest absolute Gasteiger partial charge is 0.356 e. The summed E-state index contributed by atoms with van der Waals surface area (Å²) in [5.74, 6) is -1.82. The minimum atomic E-state index is -1.10. The van der Waals surface area contributed by atoms with Crippen LogP contribution in [0.25, 0.3) is 5.65 Å². The Morgan fingerprint density at radius 2 is 1.81 bits per heavy atom. The number of piperidine rings is 1. The van der Waals surface area contributed by atoms with Gasteiger partial charge in [-0.2, -0.15) is 5.10 Å². The minimum absolute atomic E-state index is 0.0115. The van der Waals surface area contributed by atoms with E-state index in [1.54, 1.807) is 4.52 Å². The van der Waals surface area contributed by atoms with E-state index in [-0.39, 0.29) is 11.6 Å². The van der Waals surface area contributed by atoms with Crippen LogP contribution < -0.4 is 4.90 Å². The summed E-state index contributed by atoms with van der Waals surface area (Å²) in [6, 6.07) is 1.48. The second kappa shape index (κ2) is 8.84. The van der Waals surface area contributed by atoms with E-state index in [1.165, 1.54) is 11.8 Å². The van der Waals surface area contributed by atoms with Crippen molar-refractivity contribution in [3.63, 3.8) is 0 Å². The number of halogens is 2. The number of nitrogens with zero attached hydrogens (tertiary/aromatic N) is 5. The quantitative estimate of drug-likeness (QED) is 0.485. The lowest BCUT2D eigenvalue weighted by atomic mass is 9.97. The molecule has 8 heteroatoms. The molecule has 0 spiro atoms. The summed E-state index contributed by atoms with van der Waals surface area (Å²) < 4.78 is 30.4. The van der Waals surface area contributed by atoms with Crippen LogP contribution in [0.15, 0.2) is 48.2 Å². The summed E-state index contributed by atoms with van der Waals surface area (Å²) >= 11 is 0. The number of likely N-dealkylation sites (tertiary alicyclic amines) is 1. The summed E-state index contributed by atoms with van der Waals surface area (Å²) in [7, 11) is 0. The Morgan fingerprint density at radius 1 is 1.12 bits per heavy atom. The highest BCUT2D eigenvalue weighted by Crippen LogP contribution is 2.34. The third-order valence-corrected chi connectivity index (χ3v) is 6.21. The van der Waals surface area contributed by atoms with E-state index >= 15 is 0 Å². The lowest BCUT2D eigenvalue weighted by molar-refractivity contribution is -0.131. The molecule has 2 fully saturated rings. The summed E-state index contributed by atoms with van der Waals surface area (Å²) in [6.45, 7) is 12.5. The number of rotatable bonds is 5. The molecule has 1 atom stereocenters. The standard InChI is InChI=1S/C24H29F2N5O/c1-15(2)22(26)21(17(4)25)24(32)30-12-6-5-9-19(30)18-13-20-27-23(29-10-7-8-11-29)16(3)14-31(20)28-18/h13-14,19H,1,4-12H2,2-3H3/b22-21-. The molecule has 4 rings (SSSR count). The summed E-state index contributed by atoms with van der Waals surface area (Å²) in [4.78, 5) is 21.8. The van der Waals surface area contributed by atoms with E-state index in [0.717, 1.165) is 50.2 Å². The Morgan fingerprint density at radius 3 is 2.47 bits per heavy atom. The summed E-state index contributed by atoms with van der Waals surface area (Å²) in [5, 5.41) is 4.68. The van der Waals surface area contributed by atoms with Gasteiger partial charge in [-0.3, -0.25) is 4.79 Å². The number of aromatic nitrogens is 3. The van der Waals surface area contributed by atoms with Crippen LogP contribution in [0.2, 0.25) is 0 Å². The van der Waals surface area contributed by atoms with E-state index < -0.39 is 23.1 Å². The van der Waals surface area contributed by atoms with Gasteiger partial charge in [0, 0.05) is 37.5 Å². The predicted octanol–water partition coefficient (Wildman–Crippen LogP) is 4.97. The van der Waals surface area contributed by atoms with Gasteiger partial charge < -0.3 is 9.80 Å². The van der Waals surface area contributed by atoms with Crippen LogP contribution in [0, 0.1) is 6.92 Å². The van der Waals surface area contributed by atoms with Gasteiger partial charge in [-0.15, -0.1) is 0 Å². The molecule has 2 aromatic rings. The number of carbonyl (C=O) groups is 1. The highest BCUT2D eigenvalue weighted by atomic mass is 19.1. The maximum atomic E-state index is 14.6. The molecule has 0 saturated carbocycles. The zero-order valence-electron chi connectivity index (χ0n) is 18.7. The molecule has 0 N–H and O–H groups in total. The average molecular weight is 442 g/mol. The highest BCUT2D eigenvalue weighted by molar-refractivity contribution is 5.98. The number of allylic oxidation sites excluding steroid dienone is 2. The van der Waals surface area contributed by atoms with Gasteiger partial charge in [0.1, 0.15) is 23.0 Å². The minimum Gasteiger partial charge on any atom is -0.356 e. The van der Waals surface area contributed by atoms with Crippen molar-refractivity contribution < 1.29 is 13.6 Å². The summed E-state index contributed by atoms with van der Waals surface area (Å²) in [6.07, 6.45) is 6.58. The number of hydrogen-bond donors (Lipinski definition) is 0. The molecule has 0 aliphatic carbocycles. The van der Waals surface area contributed by atoms with Gasteiger partial charge in [0.25, 0.3) is 5.91 Å². The number of hydrogen-bond acceptors (Lipinski definition) is 4. The maximum absolute atomic E-state index is 14.6. The molecule has 32 heavy (non-hydrogen) atoms. The molecule has 6 nitrogen and oxygen atoms in total. The first-order valence-electron chi connectivity index (χ1n) is 11.1. The number of carbonyl (C=O) groups excluding carboxylic acids is 1.